The Balaban J connectivity index is 3.14. The first-order chi connectivity index (χ1) is 7.33. The van der Waals surface area contributed by atoms with Gasteiger partial charge in [-0.2, -0.15) is 4.99 Å². The second-order valence-electron chi connectivity index (χ2n) is 2.49. The molecule has 16 heavy (non-hydrogen) atoms. The molecule has 0 aliphatic heterocycles. The highest BCUT2D eigenvalue weighted by molar-refractivity contribution is 9.11. The average Bonchev–Trinajstić information content (AvgIpc) is 2.08. The molecule has 0 bridgehead atoms. The molecule has 0 spiro atoms. The van der Waals surface area contributed by atoms with Gasteiger partial charge in [0.2, 0.25) is 6.08 Å². The maximum Gasteiger partial charge on any atom is 0.573 e. The lowest BCUT2D eigenvalue weighted by atomic mass is 10.3. The zero-order valence-corrected chi connectivity index (χ0v) is 10.5. The molecular weight excluding hydrogens is 359 g/mol. The van der Waals surface area contributed by atoms with Crippen molar-refractivity contribution in [2.24, 2.45) is 4.99 Å². The standard InChI is InChI=1S/C8H2Br2F3NO2/c9-5-1-4(16-8(11,12)13)2-6(10)7(5)14-3-15/h1-2H. The fourth-order valence-electron chi connectivity index (χ4n) is 0.887. The minimum Gasteiger partial charge on any atom is -0.406 e. The summed E-state index contributed by atoms with van der Waals surface area (Å²) in [6.45, 7) is 0. The number of benzene rings is 1. The summed E-state index contributed by atoms with van der Waals surface area (Å²) in [5.74, 6) is -0.420. The van der Waals surface area contributed by atoms with Crippen LogP contribution in [0.25, 0.3) is 0 Å². The van der Waals surface area contributed by atoms with Crippen molar-refractivity contribution in [1.29, 1.82) is 0 Å². The van der Waals surface area contributed by atoms with Gasteiger partial charge in [0.1, 0.15) is 11.4 Å². The molecular formula is C8H2Br2F3NO2. The van der Waals surface area contributed by atoms with Crippen molar-refractivity contribution in [3.63, 3.8) is 0 Å². The van der Waals surface area contributed by atoms with Crippen LogP contribution >= 0.6 is 31.9 Å². The number of alkyl halides is 3. The Morgan fingerprint density at radius 2 is 1.75 bits per heavy atom. The lowest BCUT2D eigenvalue weighted by molar-refractivity contribution is -0.274. The summed E-state index contributed by atoms with van der Waals surface area (Å²) < 4.78 is 39.8. The van der Waals surface area contributed by atoms with Crippen LogP contribution in [-0.4, -0.2) is 12.4 Å². The number of ether oxygens (including phenoxy) is 1. The Hall–Kier alpha value is -0.850. The molecule has 3 nitrogen and oxygen atoms in total. The monoisotopic (exact) mass is 359 g/mol. The highest BCUT2D eigenvalue weighted by Gasteiger charge is 2.31. The number of isocyanates is 1. The van der Waals surface area contributed by atoms with Crippen molar-refractivity contribution in [3.05, 3.63) is 21.1 Å². The number of aliphatic imine (C=N–C) groups is 1. The molecule has 0 amide bonds. The zero-order valence-electron chi connectivity index (χ0n) is 7.31. The van der Waals surface area contributed by atoms with Crippen LogP contribution in [0.5, 0.6) is 5.75 Å². The largest absolute Gasteiger partial charge is 0.573 e. The number of nitrogens with zero attached hydrogens (tertiary/aromatic N) is 1. The van der Waals surface area contributed by atoms with Crippen molar-refractivity contribution in [1.82, 2.24) is 0 Å². The minimum absolute atomic E-state index is 0.143. The molecule has 0 aromatic heterocycles. The molecule has 86 valence electrons. The summed E-state index contributed by atoms with van der Waals surface area (Å²) >= 11 is 5.91. The van der Waals surface area contributed by atoms with Crippen molar-refractivity contribution in [2.75, 3.05) is 0 Å². The summed E-state index contributed by atoms with van der Waals surface area (Å²) in [4.78, 5) is 13.4. The van der Waals surface area contributed by atoms with Crippen LogP contribution in [0.1, 0.15) is 0 Å². The number of carbonyl (C=O) groups excluding carboxylic acids is 1. The van der Waals surface area contributed by atoms with Gasteiger partial charge >= 0.3 is 6.36 Å². The van der Waals surface area contributed by atoms with E-state index in [0.717, 1.165) is 12.1 Å². The summed E-state index contributed by atoms with van der Waals surface area (Å²) in [6.07, 6.45) is -3.48. The number of halogens is 5. The van der Waals surface area contributed by atoms with Crippen molar-refractivity contribution in [3.8, 4) is 5.75 Å². The zero-order chi connectivity index (χ0) is 12.3. The maximum absolute atomic E-state index is 11.9. The molecule has 0 aliphatic carbocycles. The van der Waals surface area contributed by atoms with Crippen molar-refractivity contribution >= 4 is 43.6 Å². The third kappa shape index (κ3) is 3.62. The number of rotatable bonds is 2. The Labute approximate surface area is 105 Å². The topological polar surface area (TPSA) is 38.7 Å². The Morgan fingerprint density at radius 3 is 2.12 bits per heavy atom. The van der Waals surface area contributed by atoms with E-state index < -0.39 is 12.1 Å². The predicted octanol–water partition coefficient (Wildman–Crippen LogP) is 4.08. The van der Waals surface area contributed by atoms with Crippen LogP contribution in [0, 0.1) is 0 Å². The smallest absolute Gasteiger partial charge is 0.406 e. The second-order valence-corrected chi connectivity index (χ2v) is 4.20. The number of hydrogen-bond acceptors (Lipinski definition) is 3. The first kappa shape index (κ1) is 13.2. The third-order valence-electron chi connectivity index (χ3n) is 1.38. The van der Waals surface area contributed by atoms with Gasteiger partial charge in [-0.15, -0.1) is 13.2 Å². The molecule has 0 unspecified atom stereocenters. The normalized spacial score (nSPS) is 10.8. The van der Waals surface area contributed by atoms with E-state index in [1.165, 1.54) is 6.08 Å². The van der Waals surface area contributed by atoms with Gasteiger partial charge in [0.15, 0.2) is 0 Å². The van der Waals surface area contributed by atoms with E-state index in [9.17, 15) is 18.0 Å². The fraction of sp³-hybridized carbons (Fsp3) is 0.125. The molecule has 0 saturated carbocycles. The van der Waals surface area contributed by atoms with Crippen LogP contribution in [-0.2, 0) is 4.79 Å². The van der Waals surface area contributed by atoms with Gasteiger partial charge in [0.05, 0.1) is 0 Å². The molecule has 0 radical (unpaired) electrons. The summed E-state index contributed by atoms with van der Waals surface area (Å²) in [5.41, 5.74) is 0.143. The van der Waals surface area contributed by atoms with E-state index in [1.807, 2.05) is 0 Å². The fourth-order valence-corrected chi connectivity index (χ4v) is 2.21. The minimum atomic E-state index is -4.77. The Kier molecular flexibility index (Phi) is 4.12. The molecule has 1 aromatic rings. The van der Waals surface area contributed by atoms with Gasteiger partial charge < -0.3 is 4.74 Å². The molecule has 0 fully saturated rings. The summed E-state index contributed by atoms with van der Waals surface area (Å²) in [7, 11) is 0. The number of hydrogen-bond donors (Lipinski definition) is 0. The lowest BCUT2D eigenvalue weighted by Gasteiger charge is -2.10. The van der Waals surface area contributed by atoms with Gasteiger partial charge in [-0.25, -0.2) is 4.79 Å². The van der Waals surface area contributed by atoms with Crippen molar-refractivity contribution < 1.29 is 22.7 Å². The van der Waals surface area contributed by atoms with Gasteiger partial charge in [-0.3, -0.25) is 0 Å². The van der Waals surface area contributed by atoms with Crippen LogP contribution in [0.15, 0.2) is 26.1 Å². The Morgan fingerprint density at radius 1 is 1.25 bits per heavy atom. The van der Waals surface area contributed by atoms with E-state index in [4.69, 9.17) is 0 Å². The maximum atomic E-state index is 11.9. The van der Waals surface area contributed by atoms with Crippen LogP contribution in [0.2, 0.25) is 0 Å². The van der Waals surface area contributed by atoms with Crippen molar-refractivity contribution in [2.45, 2.75) is 6.36 Å². The first-order valence-electron chi connectivity index (χ1n) is 3.66. The molecule has 0 heterocycles. The van der Waals surface area contributed by atoms with E-state index in [0.29, 0.717) is 0 Å². The van der Waals surface area contributed by atoms with E-state index >= 15 is 0 Å². The predicted molar refractivity (Wildman–Crippen MR) is 56.3 cm³/mol. The first-order valence-corrected chi connectivity index (χ1v) is 5.25. The molecule has 0 aliphatic rings. The van der Waals surface area contributed by atoms with Crippen LogP contribution < -0.4 is 4.74 Å². The van der Waals surface area contributed by atoms with Crippen LogP contribution in [0.3, 0.4) is 0 Å². The molecule has 0 N–H and O–H groups in total. The molecule has 0 saturated heterocycles. The molecule has 1 aromatic carbocycles. The summed E-state index contributed by atoms with van der Waals surface area (Å²) in [5, 5.41) is 0. The lowest BCUT2D eigenvalue weighted by Crippen LogP contribution is -2.17. The SMILES string of the molecule is O=C=Nc1c(Br)cc(OC(F)(F)F)cc1Br. The van der Waals surface area contributed by atoms with E-state index in [1.54, 1.807) is 0 Å². The van der Waals surface area contributed by atoms with E-state index in [-0.39, 0.29) is 14.6 Å². The highest BCUT2D eigenvalue weighted by atomic mass is 79.9. The van der Waals surface area contributed by atoms with Gasteiger partial charge in [0.25, 0.3) is 0 Å². The second kappa shape index (κ2) is 4.99. The van der Waals surface area contributed by atoms with E-state index in [2.05, 4.69) is 41.6 Å². The van der Waals surface area contributed by atoms with Gasteiger partial charge in [-0.05, 0) is 44.0 Å². The Bertz CT molecular complexity index is 432. The average molecular weight is 361 g/mol. The third-order valence-corrected chi connectivity index (χ3v) is 2.59. The molecule has 1 rings (SSSR count). The highest BCUT2D eigenvalue weighted by Crippen LogP contribution is 2.38. The quantitative estimate of drug-likeness (QED) is 0.588. The van der Waals surface area contributed by atoms with Crippen LogP contribution in [0.4, 0.5) is 18.9 Å². The van der Waals surface area contributed by atoms with Gasteiger partial charge in [0, 0.05) is 8.95 Å². The molecule has 8 heteroatoms. The molecule has 0 atom stereocenters. The summed E-state index contributed by atoms with van der Waals surface area (Å²) in [6, 6.07) is 2.10. The van der Waals surface area contributed by atoms with Gasteiger partial charge in [-0.1, -0.05) is 0 Å².